The highest BCUT2D eigenvalue weighted by molar-refractivity contribution is 9.09. The van der Waals surface area contributed by atoms with Gasteiger partial charge in [-0.1, -0.05) is 22.9 Å². The highest BCUT2D eigenvalue weighted by Gasteiger charge is 2.27. The van der Waals surface area contributed by atoms with Gasteiger partial charge in [0, 0.05) is 17.9 Å². The molecule has 2 nitrogen and oxygen atoms in total. The molecule has 0 radical (unpaired) electrons. The standard InChI is InChI=1S/C10H12BrFN2/c1-7-5-14(6-9(7)11)10-3-2-8(12)4-13-10/h2-4,7,9H,5-6H2,1H3. The van der Waals surface area contributed by atoms with E-state index in [1.807, 2.05) is 0 Å². The summed E-state index contributed by atoms with van der Waals surface area (Å²) in [6.45, 7) is 4.12. The lowest BCUT2D eigenvalue weighted by molar-refractivity contribution is 0.620. The van der Waals surface area contributed by atoms with Crippen molar-refractivity contribution in [2.24, 2.45) is 5.92 Å². The van der Waals surface area contributed by atoms with Gasteiger partial charge in [-0.25, -0.2) is 9.37 Å². The molecule has 1 aliphatic rings. The number of nitrogens with zero attached hydrogens (tertiary/aromatic N) is 2. The Hall–Kier alpha value is -0.640. The Labute approximate surface area is 91.3 Å². The first-order valence-electron chi connectivity index (χ1n) is 4.67. The summed E-state index contributed by atoms with van der Waals surface area (Å²) < 4.78 is 12.6. The zero-order valence-corrected chi connectivity index (χ0v) is 9.54. The van der Waals surface area contributed by atoms with E-state index in [9.17, 15) is 4.39 Å². The average molecular weight is 259 g/mol. The van der Waals surface area contributed by atoms with Crippen LogP contribution < -0.4 is 4.90 Å². The van der Waals surface area contributed by atoms with Gasteiger partial charge in [0.2, 0.25) is 0 Å². The van der Waals surface area contributed by atoms with E-state index in [4.69, 9.17) is 0 Å². The molecule has 0 aromatic carbocycles. The lowest BCUT2D eigenvalue weighted by Crippen LogP contribution is -2.20. The van der Waals surface area contributed by atoms with Crippen molar-refractivity contribution in [2.75, 3.05) is 18.0 Å². The zero-order chi connectivity index (χ0) is 10.1. The Morgan fingerprint density at radius 2 is 2.29 bits per heavy atom. The van der Waals surface area contributed by atoms with Gasteiger partial charge in [-0.05, 0) is 18.1 Å². The third-order valence-electron chi connectivity index (χ3n) is 2.56. The van der Waals surface area contributed by atoms with Gasteiger partial charge in [0.1, 0.15) is 11.6 Å². The van der Waals surface area contributed by atoms with Gasteiger partial charge in [0.25, 0.3) is 0 Å². The summed E-state index contributed by atoms with van der Waals surface area (Å²) in [4.78, 5) is 6.74. The van der Waals surface area contributed by atoms with Crippen LogP contribution in [-0.4, -0.2) is 22.9 Å². The van der Waals surface area contributed by atoms with Crippen molar-refractivity contribution in [1.82, 2.24) is 4.98 Å². The number of hydrogen-bond acceptors (Lipinski definition) is 2. The number of hydrogen-bond donors (Lipinski definition) is 0. The topological polar surface area (TPSA) is 16.1 Å². The lowest BCUT2D eigenvalue weighted by Gasteiger charge is -2.16. The van der Waals surface area contributed by atoms with Crippen LogP contribution in [-0.2, 0) is 0 Å². The van der Waals surface area contributed by atoms with Crippen LogP contribution in [0.3, 0.4) is 0 Å². The summed E-state index contributed by atoms with van der Waals surface area (Å²) in [7, 11) is 0. The Bertz CT molecular complexity index is 304. The molecule has 1 aliphatic heterocycles. The molecule has 0 amide bonds. The number of rotatable bonds is 1. The van der Waals surface area contributed by atoms with E-state index in [0.29, 0.717) is 10.7 Å². The maximum Gasteiger partial charge on any atom is 0.141 e. The molecule has 1 aromatic rings. The minimum atomic E-state index is -0.281. The number of pyridine rings is 1. The number of aromatic nitrogens is 1. The van der Waals surface area contributed by atoms with E-state index in [-0.39, 0.29) is 5.82 Å². The van der Waals surface area contributed by atoms with Gasteiger partial charge < -0.3 is 4.90 Å². The minimum absolute atomic E-state index is 0.281. The largest absolute Gasteiger partial charge is 0.355 e. The molecular formula is C10H12BrFN2. The van der Waals surface area contributed by atoms with Gasteiger partial charge in [0.05, 0.1) is 6.20 Å². The van der Waals surface area contributed by atoms with Gasteiger partial charge in [-0.2, -0.15) is 0 Å². The molecule has 4 heteroatoms. The van der Waals surface area contributed by atoms with E-state index in [1.54, 1.807) is 6.07 Å². The second kappa shape index (κ2) is 3.85. The van der Waals surface area contributed by atoms with Crippen molar-refractivity contribution in [3.8, 4) is 0 Å². The van der Waals surface area contributed by atoms with Crippen molar-refractivity contribution in [2.45, 2.75) is 11.8 Å². The lowest BCUT2D eigenvalue weighted by atomic mass is 10.2. The average Bonchev–Trinajstić information content (AvgIpc) is 2.48. The van der Waals surface area contributed by atoms with Crippen LogP contribution >= 0.6 is 15.9 Å². The van der Waals surface area contributed by atoms with Gasteiger partial charge in [-0.15, -0.1) is 0 Å². The van der Waals surface area contributed by atoms with Gasteiger partial charge in [0.15, 0.2) is 0 Å². The van der Waals surface area contributed by atoms with Crippen LogP contribution in [0, 0.1) is 11.7 Å². The molecule has 0 aliphatic carbocycles. The molecule has 0 spiro atoms. The molecule has 2 rings (SSSR count). The number of alkyl halides is 1. The molecule has 0 saturated carbocycles. The summed E-state index contributed by atoms with van der Waals surface area (Å²) >= 11 is 3.61. The van der Waals surface area contributed by atoms with Crippen LogP contribution in [0.5, 0.6) is 0 Å². The number of anilines is 1. The molecule has 2 heterocycles. The summed E-state index contributed by atoms with van der Waals surface area (Å²) in [6, 6.07) is 3.18. The molecule has 0 N–H and O–H groups in total. The second-order valence-corrected chi connectivity index (χ2v) is 4.91. The van der Waals surface area contributed by atoms with Crippen molar-refractivity contribution < 1.29 is 4.39 Å². The predicted octanol–water partition coefficient (Wildman–Crippen LogP) is 2.44. The zero-order valence-electron chi connectivity index (χ0n) is 7.95. The first kappa shape index (κ1) is 9.90. The van der Waals surface area contributed by atoms with Crippen molar-refractivity contribution in [1.29, 1.82) is 0 Å². The van der Waals surface area contributed by atoms with E-state index >= 15 is 0 Å². The summed E-state index contributed by atoms with van der Waals surface area (Å²) in [5.41, 5.74) is 0. The smallest absolute Gasteiger partial charge is 0.141 e. The maximum atomic E-state index is 12.6. The molecule has 76 valence electrons. The van der Waals surface area contributed by atoms with E-state index in [0.717, 1.165) is 18.9 Å². The Morgan fingerprint density at radius 3 is 2.79 bits per heavy atom. The van der Waals surface area contributed by atoms with Crippen LogP contribution in [0.25, 0.3) is 0 Å². The van der Waals surface area contributed by atoms with Gasteiger partial charge in [-0.3, -0.25) is 0 Å². The first-order valence-corrected chi connectivity index (χ1v) is 5.59. The van der Waals surface area contributed by atoms with Crippen molar-refractivity contribution in [3.05, 3.63) is 24.1 Å². The highest BCUT2D eigenvalue weighted by atomic mass is 79.9. The molecular weight excluding hydrogens is 247 g/mol. The van der Waals surface area contributed by atoms with Crippen LogP contribution in [0.4, 0.5) is 10.2 Å². The van der Waals surface area contributed by atoms with Crippen LogP contribution in [0.15, 0.2) is 18.3 Å². The SMILES string of the molecule is CC1CN(c2ccc(F)cn2)CC1Br. The predicted molar refractivity (Wildman–Crippen MR) is 58.3 cm³/mol. The highest BCUT2D eigenvalue weighted by Crippen LogP contribution is 2.26. The third kappa shape index (κ3) is 1.90. The summed E-state index contributed by atoms with van der Waals surface area (Å²) in [5.74, 6) is 1.19. The normalized spacial score (nSPS) is 26.9. The molecule has 14 heavy (non-hydrogen) atoms. The Kier molecular flexibility index (Phi) is 2.72. The Morgan fingerprint density at radius 1 is 1.50 bits per heavy atom. The van der Waals surface area contributed by atoms with Crippen molar-refractivity contribution >= 4 is 21.7 Å². The quantitative estimate of drug-likeness (QED) is 0.720. The molecule has 1 saturated heterocycles. The molecule has 0 bridgehead atoms. The molecule has 2 atom stereocenters. The van der Waals surface area contributed by atoms with Gasteiger partial charge >= 0.3 is 0 Å². The molecule has 1 fully saturated rings. The third-order valence-corrected chi connectivity index (χ3v) is 3.75. The fourth-order valence-corrected chi connectivity index (χ4v) is 2.19. The fraction of sp³-hybridized carbons (Fsp3) is 0.500. The minimum Gasteiger partial charge on any atom is -0.355 e. The monoisotopic (exact) mass is 258 g/mol. The summed E-state index contributed by atoms with van der Waals surface area (Å²) in [6.07, 6.45) is 1.27. The van der Waals surface area contributed by atoms with Crippen molar-refractivity contribution in [3.63, 3.8) is 0 Å². The summed E-state index contributed by atoms with van der Waals surface area (Å²) in [5, 5.41) is 0. The van der Waals surface area contributed by atoms with E-state index in [1.165, 1.54) is 12.3 Å². The molecule has 1 aromatic heterocycles. The van der Waals surface area contributed by atoms with Crippen LogP contribution in [0.1, 0.15) is 6.92 Å². The fourth-order valence-electron chi connectivity index (χ4n) is 1.67. The van der Waals surface area contributed by atoms with E-state index in [2.05, 4.69) is 32.7 Å². The van der Waals surface area contributed by atoms with E-state index < -0.39 is 0 Å². The number of halogens is 2. The molecule has 2 unspecified atom stereocenters. The van der Waals surface area contributed by atoms with Crippen LogP contribution in [0.2, 0.25) is 0 Å². The first-order chi connectivity index (χ1) is 6.66. The maximum absolute atomic E-state index is 12.6. The Balaban J connectivity index is 2.13. The second-order valence-electron chi connectivity index (χ2n) is 3.73.